The van der Waals surface area contributed by atoms with Crippen LogP contribution in [0.15, 0.2) is 24.3 Å². The van der Waals surface area contributed by atoms with E-state index in [0.29, 0.717) is 34.3 Å². The van der Waals surface area contributed by atoms with Crippen molar-refractivity contribution in [3.63, 3.8) is 0 Å². The molecule has 5 aliphatic carbocycles. The Balaban J connectivity index is 1.12. The molecule has 0 heterocycles. The minimum atomic E-state index is -0.415. The standard InChI is InChI=1S/C37H58O2/c1-23(34(39)21-26-11-7-8-13-33(26)38)25(3)37(6)22-32(37)24(2)29-16-17-30-28-15-14-27-12-9-10-19-35(27,4)31(28)18-20-36(29,30)5/h7-8,11,13,23-25,27-32,34,38-39H,9-10,12,14-22H2,1-6H3/t23?,24-,25+,27?,28-,29+,30-,31-,32+,34?,35-,36+,37+/m0/s1. The van der Waals surface area contributed by atoms with Gasteiger partial charge in [0.05, 0.1) is 6.10 Å². The molecule has 5 saturated carbocycles. The molecule has 5 fully saturated rings. The molecule has 0 aliphatic heterocycles. The first-order valence-electron chi connectivity index (χ1n) is 17.0. The number of benzene rings is 1. The number of fused-ring (bicyclic) bond motifs is 5. The Hall–Kier alpha value is -1.02. The lowest BCUT2D eigenvalue weighted by atomic mass is 9.44. The molecule has 13 atom stereocenters. The molecule has 0 saturated heterocycles. The Bertz CT molecular complexity index is 1030. The largest absolute Gasteiger partial charge is 0.508 e. The molecule has 5 aliphatic rings. The van der Waals surface area contributed by atoms with Gasteiger partial charge >= 0.3 is 0 Å². The van der Waals surface area contributed by atoms with Crippen LogP contribution in [0.1, 0.15) is 118 Å². The van der Waals surface area contributed by atoms with Gasteiger partial charge in [0.2, 0.25) is 0 Å². The predicted molar refractivity (Wildman–Crippen MR) is 161 cm³/mol. The summed E-state index contributed by atoms with van der Waals surface area (Å²) in [5, 5.41) is 21.4. The third kappa shape index (κ3) is 4.44. The molecule has 0 spiro atoms. The highest BCUT2D eigenvalue weighted by Gasteiger charge is 2.64. The third-order valence-electron chi connectivity index (χ3n) is 15.1. The van der Waals surface area contributed by atoms with Crippen molar-refractivity contribution in [3.05, 3.63) is 29.8 Å². The van der Waals surface area contributed by atoms with Crippen LogP contribution in [0.5, 0.6) is 5.75 Å². The zero-order chi connectivity index (χ0) is 27.7. The van der Waals surface area contributed by atoms with Gasteiger partial charge in [-0.15, -0.1) is 0 Å². The van der Waals surface area contributed by atoms with Gasteiger partial charge in [0.1, 0.15) is 5.75 Å². The number of phenols is 1. The number of hydrogen-bond donors (Lipinski definition) is 2. The second-order valence-electron chi connectivity index (χ2n) is 16.4. The van der Waals surface area contributed by atoms with E-state index in [-0.39, 0.29) is 5.92 Å². The number of rotatable bonds is 7. The Morgan fingerprint density at radius 2 is 1.56 bits per heavy atom. The number of aromatic hydroxyl groups is 1. The van der Waals surface area contributed by atoms with E-state index in [1.165, 1.54) is 70.6 Å². The van der Waals surface area contributed by atoms with Crippen LogP contribution in [-0.2, 0) is 6.42 Å². The first-order chi connectivity index (χ1) is 18.5. The van der Waals surface area contributed by atoms with E-state index in [0.717, 1.165) is 47.0 Å². The maximum Gasteiger partial charge on any atom is 0.118 e. The van der Waals surface area contributed by atoms with Gasteiger partial charge in [0.15, 0.2) is 0 Å². The van der Waals surface area contributed by atoms with E-state index < -0.39 is 6.10 Å². The van der Waals surface area contributed by atoms with Gasteiger partial charge in [0, 0.05) is 6.42 Å². The molecule has 2 N–H and O–H groups in total. The summed E-state index contributed by atoms with van der Waals surface area (Å²) in [5.74, 6) is 7.44. The van der Waals surface area contributed by atoms with Crippen LogP contribution in [0.4, 0.5) is 0 Å². The number of aliphatic hydroxyl groups is 1. The second kappa shape index (κ2) is 10.1. The normalized spacial score (nSPS) is 46.3. The van der Waals surface area contributed by atoms with Crippen molar-refractivity contribution < 1.29 is 10.2 Å². The second-order valence-corrected chi connectivity index (χ2v) is 16.4. The average Bonchev–Trinajstić information content (AvgIpc) is 3.49. The smallest absolute Gasteiger partial charge is 0.118 e. The average molecular weight is 535 g/mol. The van der Waals surface area contributed by atoms with Gasteiger partial charge in [-0.05, 0) is 139 Å². The van der Waals surface area contributed by atoms with Crippen molar-refractivity contribution in [1.29, 1.82) is 0 Å². The third-order valence-corrected chi connectivity index (χ3v) is 15.1. The van der Waals surface area contributed by atoms with E-state index in [4.69, 9.17) is 0 Å². The number of para-hydroxylation sites is 1. The highest BCUT2D eigenvalue weighted by atomic mass is 16.3. The fraction of sp³-hybridized carbons (Fsp3) is 0.838. The van der Waals surface area contributed by atoms with Crippen LogP contribution in [0, 0.1) is 69.5 Å². The quantitative estimate of drug-likeness (QED) is 0.366. The van der Waals surface area contributed by atoms with Crippen molar-refractivity contribution in [3.8, 4) is 5.75 Å². The summed E-state index contributed by atoms with van der Waals surface area (Å²) < 4.78 is 0. The molecule has 0 bridgehead atoms. The Labute approximate surface area is 239 Å². The molecule has 1 aromatic rings. The number of hydrogen-bond acceptors (Lipinski definition) is 2. The highest BCUT2D eigenvalue weighted by molar-refractivity contribution is 5.32. The summed E-state index contributed by atoms with van der Waals surface area (Å²) >= 11 is 0. The summed E-state index contributed by atoms with van der Waals surface area (Å²) in [6, 6.07) is 7.50. The van der Waals surface area contributed by atoms with Crippen LogP contribution in [0.2, 0.25) is 0 Å². The van der Waals surface area contributed by atoms with Gasteiger partial charge in [-0.25, -0.2) is 0 Å². The molecule has 0 radical (unpaired) electrons. The van der Waals surface area contributed by atoms with E-state index >= 15 is 0 Å². The highest BCUT2D eigenvalue weighted by Crippen LogP contribution is 2.71. The zero-order valence-electron chi connectivity index (χ0n) is 26.0. The maximum absolute atomic E-state index is 11.2. The maximum atomic E-state index is 11.2. The van der Waals surface area contributed by atoms with Crippen LogP contribution >= 0.6 is 0 Å². The molecule has 39 heavy (non-hydrogen) atoms. The van der Waals surface area contributed by atoms with Gasteiger partial charge in [0.25, 0.3) is 0 Å². The van der Waals surface area contributed by atoms with Crippen molar-refractivity contribution in [2.75, 3.05) is 0 Å². The molecule has 2 heteroatoms. The van der Waals surface area contributed by atoms with Crippen LogP contribution in [-0.4, -0.2) is 16.3 Å². The Morgan fingerprint density at radius 1 is 0.821 bits per heavy atom. The summed E-state index contributed by atoms with van der Waals surface area (Å²) in [6.45, 7) is 15.3. The Morgan fingerprint density at radius 3 is 2.33 bits per heavy atom. The van der Waals surface area contributed by atoms with Gasteiger partial charge in [-0.1, -0.05) is 72.6 Å². The summed E-state index contributed by atoms with van der Waals surface area (Å²) in [4.78, 5) is 0. The zero-order valence-corrected chi connectivity index (χ0v) is 26.0. The van der Waals surface area contributed by atoms with E-state index in [9.17, 15) is 10.2 Å². The molecule has 0 amide bonds. The van der Waals surface area contributed by atoms with Gasteiger partial charge < -0.3 is 10.2 Å². The topological polar surface area (TPSA) is 40.5 Å². The van der Waals surface area contributed by atoms with Crippen LogP contribution in [0.25, 0.3) is 0 Å². The molecule has 6 rings (SSSR count). The minimum Gasteiger partial charge on any atom is -0.508 e. The van der Waals surface area contributed by atoms with Crippen LogP contribution < -0.4 is 0 Å². The van der Waals surface area contributed by atoms with Crippen molar-refractivity contribution in [2.45, 2.75) is 125 Å². The molecule has 2 nitrogen and oxygen atoms in total. The molecule has 3 unspecified atom stereocenters. The van der Waals surface area contributed by atoms with Gasteiger partial charge in [-0.3, -0.25) is 0 Å². The summed E-state index contributed by atoms with van der Waals surface area (Å²) in [7, 11) is 0. The van der Waals surface area contributed by atoms with Crippen molar-refractivity contribution >= 4 is 0 Å². The monoisotopic (exact) mass is 534 g/mol. The van der Waals surface area contributed by atoms with Gasteiger partial charge in [-0.2, -0.15) is 0 Å². The molecular formula is C37H58O2. The minimum absolute atomic E-state index is 0.223. The van der Waals surface area contributed by atoms with Crippen molar-refractivity contribution in [1.82, 2.24) is 0 Å². The first kappa shape index (κ1) is 28.1. The van der Waals surface area contributed by atoms with E-state index in [1.54, 1.807) is 6.07 Å². The van der Waals surface area contributed by atoms with Crippen LogP contribution in [0.3, 0.4) is 0 Å². The van der Waals surface area contributed by atoms with E-state index in [1.807, 2.05) is 18.2 Å². The lowest BCUT2D eigenvalue weighted by Gasteiger charge is -2.61. The SMILES string of the molecule is CC(C(O)Cc1ccccc1O)[C@@H](C)[C@@]1(C)C[C@@H]1[C@@H](C)[C@H]1CC[C@H]2[C@@H]3CCC4CCCC[C@]4(C)[C@H]3CC[C@]12C. The van der Waals surface area contributed by atoms with Crippen molar-refractivity contribution in [2.24, 2.45) is 69.5 Å². The fourth-order valence-electron chi connectivity index (χ4n) is 12.2. The lowest BCUT2D eigenvalue weighted by Crippen LogP contribution is -2.53. The Kier molecular flexibility index (Phi) is 7.25. The van der Waals surface area contributed by atoms with E-state index in [2.05, 4.69) is 41.5 Å². The number of aliphatic hydroxyl groups excluding tert-OH is 1. The molecule has 0 aromatic heterocycles. The lowest BCUT2D eigenvalue weighted by molar-refractivity contribution is -0.115. The molecular weight excluding hydrogens is 476 g/mol. The first-order valence-corrected chi connectivity index (χ1v) is 17.0. The summed E-state index contributed by atoms with van der Waals surface area (Å²) in [5.41, 5.74) is 2.38. The predicted octanol–water partition coefficient (Wildman–Crippen LogP) is 9.28. The number of phenolic OH excluding ortho intramolecular Hbond substituents is 1. The molecule has 1 aromatic carbocycles. The molecule has 218 valence electrons. The summed E-state index contributed by atoms with van der Waals surface area (Å²) in [6.07, 6.45) is 16.4. The fourth-order valence-corrected chi connectivity index (χ4v) is 12.2.